The predicted octanol–water partition coefficient (Wildman–Crippen LogP) is 3.27. The van der Waals surface area contributed by atoms with Crippen molar-refractivity contribution >= 4 is 22.4 Å². The van der Waals surface area contributed by atoms with Gasteiger partial charge in [0.2, 0.25) is 0 Å². The van der Waals surface area contributed by atoms with Gasteiger partial charge in [0, 0.05) is 19.1 Å². The summed E-state index contributed by atoms with van der Waals surface area (Å²) in [5.74, 6) is 0.00357. The molecule has 1 aromatic rings. The molecule has 5 nitrogen and oxygen atoms in total. The zero-order chi connectivity index (χ0) is 16.7. The van der Waals surface area contributed by atoms with Crippen molar-refractivity contribution in [3.63, 3.8) is 0 Å². The Labute approximate surface area is 143 Å². The molecule has 6 heteroatoms. The Bertz CT molecular complexity index is 493. The summed E-state index contributed by atoms with van der Waals surface area (Å²) in [5, 5.41) is 7.42. The molecule has 0 unspecified atom stereocenters. The molecule has 2 rings (SSSR count). The van der Waals surface area contributed by atoms with Gasteiger partial charge >= 0.3 is 0 Å². The second-order valence-electron chi connectivity index (χ2n) is 6.20. The zero-order valence-corrected chi connectivity index (χ0v) is 15.5. The van der Waals surface area contributed by atoms with Gasteiger partial charge in [-0.2, -0.15) is 0 Å². The lowest BCUT2D eigenvalue weighted by Gasteiger charge is -2.22. The maximum Gasteiger partial charge on any atom is 0.263 e. The molecule has 0 aliphatic heterocycles. The highest BCUT2D eigenvalue weighted by atomic mass is 32.1. The number of aryl methyl sites for hydroxylation is 1. The average Bonchev–Trinajstić information content (AvgIpc) is 2.93. The summed E-state index contributed by atoms with van der Waals surface area (Å²) in [5.41, 5.74) is 0.827. The van der Waals surface area contributed by atoms with Gasteiger partial charge in [-0.05, 0) is 32.9 Å². The highest BCUT2D eigenvalue weighted by Gasteiger charge is 2.18. The van der Waals surface area contributed by atoms with Crippen LogP contribution in [0.5, 0.6) is 0 Å². The second-order valence-corrected chi connectivity index (χ2v) is 7.19. The summed E-state index contributed by atoms with van der Waals surface area (Å²) >= 11 is 1.48. The van der Waals surface area contributed by atoms with Gasteiger partial charge in [0.25, 0.3) is 5.91 Å². The molecule has 0 bridgehead atoms. The first-order valence-electron chi connectivity index (χ1n) is 8.88. The van der Waals surface area contributed by atoms with Crippen LogP contribution in [0.1, 0.15) is 61.3 Å². The van der Waals surface area contributed by atoms with Crippen LogP contribution in [0.25, 0.3) is 0 Å². The summed E-state index contributed by atoms with van der Waals surface area (Å²) in [6, 6.07) is 0.521. The van der Waals surface area contributed by atoms with Crippen LogP contribution < -0.4 is 10.6 Å². The molecule has 1 aromatic heterocycles. The van der Waals surface area contributed by atoms with Crippen LogP contribution in [0.4, 0.5) is 5.13 Å². The van der Waals surface area contributed by atoms with E-state index in [0.29, 0.717) is 12.6 Å². The number of nitrogens with zero attached hydrogens (tertiary/aromatic N) is 2. The molecule has 1 aliphatic carbocycles. The largest absolute Gasteiger partial charge is 0.359 e. The molecule has 1 aliphatic rings. The third-order valence-electron chi connectivity index (χ3n) is 4.54. The lowest BCUT2D eigenvalue weighted by molar-refractivity contribution is 0.0952. The van der Waals surface area contributed by atoms with Crippen LogP contribution in [-0.2, 0) is 0 Å². The number of anilines is 1. The van der Waals surface area contributed by atoms with E-state index in [-0.39, 0.29) is 5.91 Å². The molecule has 0 radical (unpaired) electrons. The molecule has 0 atom stereocenters. The fraction of sp³-hybridized carbons (Fsp3) is 0.765. The van der Waals surface area contributed by atoms with Gasteiger partial charge in [-0.3, -0.25) is 4.79 Å². The third kappa shape index (κ3) is 5.46. The number of aromatic nitrogens is 1. The van der Waals surface area contributed by atoms with Gasteiger partial charge in [-0.1, -0.05) is 44.4 Å². The van der Waals surface area contributed by atoms with E-state index in [1.54, 1.807) is 0 Å². The van der Waals surface area contributed by atoms with Crippen molar-refractivity contribution in [1.82, 2.24) is 15.2 Å². The van der Waals surface area contributed by atoms with Gasteiger partial charge in [-0.15, -0.1) is 0 Å². The van der Waals surface area contributed by atoms with Crippen molar-refractivity contribution in [1.29, 1.82) is 0 Å². The zero-order valence-electron chi connectivity index (χ0n) is 14.7. The number of amides is 1. The summed E-state index contributed by atoms with van der Waals surface area (Å²) < 4.78 is 0. The molecule has 0 aromatic carbocycles. The van der Waals surface area contributed by atoms with E-state index in [1.807, 2.05) is 6.92 Å². The number of carbonyl (C=O) groups is 1. The first kappa shape index (κ1) is 18.2. The van der Waals surface area contributed by atoms with Crippen molar-refractivity contribution in [2.24, 2.45) is 0 Å². The fourth-order valence-electron chi connectivity index (χ4n) is 3.04. The molecule has 0 spiro atoms. The van der Waals surface area contributed by atoms with Crippen molar-refractivity contribution in [3.8, 4) is 0 Å². The molecule has 0 saturated heterocycles. The average molecular weight is 339 g/mol. The summed E-state index contributed by atoms with van der Waals surface area (Å²) in [4.78, 5) is 19.9. The van der Waals surface area contributed by atoms with Gasteiger partial charge in [0.05, 0.1) is 5.69 Å². The summed E-state index contributed by atoms with van der Waals surface area (Å²) in [6.07, 6.45) is 6.35. The Balaban J connectivity index is 1.85. The van der Waals surface area contributed by atoms with Crippen LogP contribution in [0.3, 0.4) is 0 Å². The van der Waals surface area contributed by atoms with E-state index in [9.17, 15) is 4.79 Å². The van der Waals surface area contributed by atoms with E-state index in [1.165, 1.54) is 43.4 Å². The van der Waals surface area contributed by atoms with Crippen molar-refractivity contribution < 1.29 is 4.79 Å². The smallest absolute Gasteiger partial charge is 0.263 e. The monoisotopic (exact) mass is 338 g/mol. The minimum Gasteiger partial charge on any atom is -0.359 e. The SMILES string of the molecule is CCN(CC)CCNC(=O)c1sc(NC2CCCCC2)nc1C. The quantitative estimate of drug-likeness (QED) is 0.764. The molecular formula is C17H30N4OS. The Morgan fingerprint density at radius 2 is 1.96 bits per heavy atom. The minimum absolute atomic E-state index is 0.00357. The Morgan fingerprint density at radius 3 is 2.61 bits per heavy atom. The van der Waals surface area contributed by atoms with Crippen molar-refractivity contribution in [3.05, 3.63) is 10.6 Å². The molecule has 1 amide bonds. The number of hydrogen-bond donors (Lipinski definition) is 2. The standard InChI is InChI=1S/C17H30N4OS/c1-4-21(5-2)12-11-18-16(22)15-13(3)19-17(23-15)20-14-9-7-6-8-10-14/h14H,4-12H2,1-3H3,(H,18,22)(H,19,20). The van der Waals surface area contributed by atoms with E-state index < -0.39 is 0 Å². The van der Waals surface area contributed by atoms with Crippen molar-refractivity contribution in [2.75, 3.05) is 31.5 Å². The molecule has 1 saturated carbocycles. The first-order valence-corrected chi connectivity index (χ1v) is 9.70. The normalized spacial score (nSPS) is 15.8. The highest BCUT2D eigenvalue weighted by molar-refractivity contribution is 7.17. The van der Waals surface area contributed by atoms with Crippen LogP contribution in [-0.4, -0.2) is 48.0 Å². The van der Waals surface area contributed by atoms with Crippen LogP contribution in [0, 0.1) is 6.92 Å². The summed E-state index contributed by atoms with van der Waals surface area (Å²) in [7, 11) is 0. The van der Waals surface area contributed by atoms with Gasteiger partial charge in [0.15, 0.2) is 5.13 Å². The Hall–Kier alpha value is -1.14. The van der Waals surface area contributed by atoms with Gasteiger partial charge in [-0.25, -0.2) is 4.98 Å². The van der Waals surface area contributed by atoms with Crippen LogP contribution in [0.2, 0.25) is 0 Å². The number of rotatable bonds is 8. The number of likely N-dealkylation sites (N-methyl/N-ethyl adjacent to an activating group) is 1. The molecule has 2 N–H and O–H groups in total. The first-order chi connectivity index (χ1) is 11.1. The third-order valence-corrected chi connectivity index (χ3v) is 5.63. The number of thiazole rings is 1. The molecular weight excluding hydrogens is 308 g/mol. The Morgan fingerprint density at radius 1 is 1.26 bits per heavy atom. The van der Waals surface area contributed by atoms with E-state index in [2.05, 4.69) is 34.4 Å². The highest BCUT2D eigenvalue weighted by Crippen LogP contribution is 2.26. The molecule has 1 fully saturated rings. The lowest BCUT2D eigenvalue weighted by atomic mass is 9.96. The van der Waals surface area contributed by atoms with Crippen LogP contribution in [0.15, 0.2) is 0 Å². The van der Waals surface area contributed by atoms with Crippen molar-refractivity contribution in [2.45, 2.75) is 58.9 Å². The molecule has 1 heterocycles. The number of hydrogen-bond acceptors (Lipinski definition) is 5. The van der Waals surface area contributed by atoms with E-state index >= 15 is 0 Å². The lowest BCUT2D eigenvalue weighted by Crippen LogP contribution is -2.34. The Kier molecular flexibility index (Phi) is 7.30. The number of carbonyl (C=O) groups excluding carboxylic acids is 1. The minimum atomic E-state index is 0.00357. The fourth-order valence-corrected chi connectivity index (χ4v) is 4.00. The van der Waals surface area contributed by atoms with Crippen LogP contribution >= 0.6 is 11.3 Å². The molecule has 23 heavy (non-hydrogen) atoms. The van der Waals surface area contributed by atoms with Gasteiger partial charge < -0.3 is 15.5 Å². The molecule has 130 valence electrons. The topological polar surface area (TPSA) is 57.3 Å². The van der Waals surface area contributed by atoms with E-state index in [0.717, 1.165) is 35.3 Å². The maximum absolute atomic E-state index is 12.3. The maximum atomic E-state index is 12.3. The number of nitrogens with one attached hydrogen (secondary N) is 2. The van der Waals surface area contributed by atoms with E-state index in [4.69, 9.17) is 0 Å². The van der Waals surface area contributed by atoms with Gasteiger partial charge in [0.1, 0.15) is 4.88 Å². The summed E-state index contributed by atoms with van der Waals surface area (Å²) in [6.45, 7) is 9.81. The second kappa shape index (κ2) is 9.23. The predicted molar refractivity (Wildman–Crippen MR) is 97.5 cm³/mol.